The number of carboxylic acids is 1. The van der Waals surface area contributed by atoms with Crippen molar-refractivity contribution < 1.29 is 14.6 Å². The van der Waals surface area contributed by atoms with Gasteiger partial charge < -0.3 is 9.84 Å². The zero-order valence-electron chi connectivity index (χ0n) is 10.6. The first-order valence-corrected chi connectivity index (χ1v) is 6.36. The quantitative estimate of drug-likeness (QED) is 0.930. The number of aromatic carboxylic acids is 1. The predicted molar refractivity (Wildman–Crippen MR) is 75.0 cm³/mol. The zero-order chi connectivity index (χ0) is 14.9. The highest BCUT2D eigenvalue weighted by atomic mass is 35.5. The number of halogens is 2. The minimum atomic E-state index is -1.14. The van der Waals surface area contributed by atoms with Gasteiger partial charge in [-0.1, -0.05) is 29.3 Å². The van der Waals surface area contributed by atoms with Gasteiger partial charge in [-0.15, -0.1) is 5.10 Å². The van der Waals surface area contributed by atoms with Crippen LogP contribution in [-0.4, -0.2) is 21.3 Å². The first-order valence-electron chi connectivity index (χ1n) is 5.61. The van der Waals surface area contributed by atoms with Gasteiger partial charge in [-0.05, 0) is 31.5 Å². The third-order valence-electron chi connectivity index (χ3n) is 2.76. The molecule has 0 amide bonds. The molecule has 0 atom stereocenters. The number of aromatic nitrogens is 2. The predicted octanol–water partition coefficient (Wildman–Crippen LogP) is 3.89. The maximum absolute atomic E-state index is 11.3. The molecule has 0 saturated carbocycles. The van der Waals surface area contributed by atoms with Gasteiger partial charge in [0, 0.05) is 0 Å². The van der Waals surface area contributed by atoms with Gasteiger partial charge in [0.1, 0.15) is 16.3 Å². The number of rotatable bonds is 3. The number of carbonyl (C=O) groups is 1. The maximum Gasteiger partial charge on any atom is 0.341 e. The molecule has 5 nitrogen and oxygen atoms in total. The van der Waals surface area contributed by atoms with E-state index >= 15 is 0 Å². The van der Waals surface area contributed by atoms with Crippen LogP contribution in [0.25, 0.3) is 0 Å². The van der Waals surface area contributed by atoms with Gasteiger partial charge in [0.15, 0.2) is 0 Å². The summed E-state index contributed by atoms with van der Waals surface area (Å²) in [6.07, 6.45) is 0. The second-order valence-corrected chi connectivity index (χ2v) is 4.83. The Morgan fingerprint density at radius 1 is 1.25 bits per heavy atom. The minimum Gasteiger partial charge on any atom is -0.477 e. The highest BCUT2D eigenvalue weighted by Gasteiger charge is 2.20. The Balaban J connectivity index is 2.52. The van der Waals surface area contributed by atoms with Crippen molar-refractivity contribution in [3.05, 3.63) is 45.1 Å². The summed E-state index contributed by atoms with van der Waals surface area (Å²) in [5.41, 5.74) is 0.959. The number of aryl methyl sites for hydroxylation is 1. The van der Waals surface area contributed by atoms with Gasteiger partial charge in [0.05, 0.1) is 10.7 Å². The molecule has 0 fully saturated rings. The molecule has 104 valence electrons. The van der Waals surface area contributed by atoms with Crippen LogP contribution in [0.4, 0.5) is 0 Å². The van der Waals surface area contributed by atoms with Crippen LogP contribution in [0.2, 0.25) is 10.0 Å². The summed E-state index contributed by atoms with van der Waals surface area (Å²) in [6.45, 7) is 3.31. The summed E-state index contributed by atoms with van der Waals surface area (Å²) in [7, 11) is 0. The average Bonchev–Trinajstić information content (AvgIpc) is 2.39. The van der Waals surface area contributed by atoms with Crippen molar-refractivity contribution in [2.24, 2.45) is 0 Å². The molecule has 0 unspecified atom stereocenters. The number of ether oxygens (including phenoxy) is 1. The Bertz CT molecular complexity index is 690. The van der Waals surface area contributed by atoms with Crippen molar-refractivity contribution in [1.29, 1.82) is 0 Å². The Labute approximate surface area is 125 Å². The smallest absolute Gasteiger partial charge is 0.341 e. The van der Waals surface area contributed by atoms with Crippen LogP contribution < -0.4 is 4.74 Å². The van der Waals surface area contributed by atoms with E-state index in [1.165, 1.54) is 0 Å². The normalized spacial score (nSPS) is 10.4. The largest absolute Gasteiger partial charge is 0.477 e. The van der Waals surface area contributed by atoms with Crippen LogP contribution >= 0.6 is 23.2 Å². The minimum absolute atomic E-state index is 0.0476. The summed E-state index contributed by atoms with van der Waals surface area (Å²) >= 11 is 11.9. The molecule has 20 heavy (non-hydrogen) atoms. The van der Waals surface area contributed by atoms with E-state index in [0.29, 0.717) is 16.3 Å². The van der Waals surface area contributed by atoms with Crippen LogP contribution in [0.1, 0.15) is 21.6 Å². The van der Waals surface area contributed by atoms with Crippen molar-refractivity contribution >= 4 is 29.2 Å². The van der Waals surface area contributed by atoms with Crippen molar-refractivity contribution in [2.45, 2.75) is 13.8 Å². The Kier molecular flexibility index (Phi) is 4.11. The lowest BCUT2D eigenvalue weighted by Gasteiger charge is -2.11. The molecule has 0 radical (unpaired) electrons. The van der Waals surface area contributed by atoms with Gasteiger partial charge in [-0.25, -0.2) is 4.79 Å². The number of carboxylic acid groups (broad SMARTS) is 1. The lowest BCUT2D eigenvalue weighted by atomic mass is 10.1. The fraction of sp³-hybridized carbons (Fsp3) is 0.154. The first-order chi connectivity index (χ1) is 9.41. The lowest BCUT2D eigenvalue weighted by Crippen LogP contribution is -2.08. The fourth-order valence-electron chi connectivity index (χ4n) is 1.58. The molecule has 1 heterocycles. The summed E-state index contributed by atoms with van der Waals surface area (Å²) in [4.78, 5) is 11.3. The summed E-state index contributed by atoms with van der Waals surface area (Å²) in [5.74, 6) is -1.04. The maximum atomic E-state index is 11.3. The molecular formula is C13H10Cl2N2O3. The Hall–Kier alpha value is -1.85. The second kappa shape index (κ2) is 5.64. The zero-order valence-corrected chi connectivity index (χ0v) is 12.2. The molecule has 1 aromatic heterocycles. The Morgan fingerprint density at radius 3 is 2.60 bits per heavy atom. The molecule has 0 aliphatic rings. The van der Waals surface area contributed by atoms with Crippen molar-refractivity contribution in [3.8, 4) is 11.6 Å². The van der Waals surface area contributed by atoms with Gasteiger partial charge in [-0.2, -0.15) is 5.10 Å². The Morgan fingerprint density at radius 2 is 1.95 bits per heavy atom. The van der Waals surface area contributed by atoms with E-state index in [-0.39, 0.29) is 22.2 Å². The third-order valence-corrected chi connectivity index (χ3v) is 3.56. The third kappa shape index (κ3) is 2.69. The standard InChI is InChI=1S/C13H10Cl2N2O3/c1-6-7(2)16-17-12(10(6)13(18)19)20-9-5-3-4-8(14)11(9)15/h3-5H,1-2H3,(H,18,19). The van der Waals surface area contributed by atoms with E-state index in [4.69, 9.17) is 27.9 Å². The van der Waals surface area contributed by atoms with E-state index in [9.17, 15) is 9.90 Å². The summed E-state index contributed by atoms with van der Waals surface area (Å²) < 4.78 is 5.45. The van der Waals surface area contributed by atoms with E-state index in [1.54, 1.807) is 32.0 Å². The van der Waals surface area contributed by atoms with Crippen LogP contribution in [0.5, 0.6) is 11.6 Å². The number of hydrogen-bond acceptors (Lipinski definition) is 4. The fourth-order valence-corrected chi connectivity index (χ4v) is 1.91. The molecule has 0 bridgehead atoms. The van der Waals surface area contributed by atoms with E-state index in [2.05, 4.69) is 10.2 Å². The van der Waals surface area contributed by atoms with Gasteiger partial charge in [-0.3, -0.25) is 0 Å². The lowest BCUT2D eigenvalue weighted by molar-refractivity contribution is 0.0692. The highest BCUT2D eigenvalue weighted by molar-refractivity contribution is 6.42. The van der Waals surface area contributed by atoms with Crippen LogP contribution in [0.15, 0.2) is 18.2 Å². The van der Waals surface area contributed by atoms with Crippen LogP contribution in [-0.2, 0) is 0 Å². The number of nitrogens with zero attached hydrogens (tertiary/aromatic N) is 2. The monoisotopic (exact) mass is 312 g/mol. The van der Waals surface area contributed by atoms with E-state index < -0.39 is 5.97 Å². The number of hydrogen-bond donors (Lipinski definition) is 1. The van der Waals surface area contributed by atoms with Gasteiger partial charge in [0.25, 0.3) is 5.88 Å². The molecule has 0 saturated heterocycles. The van der Waals surface area contributed by atoms with Crippen molar-refractivity contribution in [2.75, 3.05) is 0 Å². The molecule has 7 heteroatoms. The molecule has 1 N–H and O–H groups in total. The summed E-state index contributed by atoms with van der Waals surface area (Å²) in [6, 6.07) is 4.80. The topological polar surface area (TPSA) is 72.3 Å². The molecule has 0 aliphatic carbocycles. The van der Waals surface area contributed by atoms with Gasteiger partial charge >= 0.3 is 5.97 Å². The summed E-state index contributed by atoms with van der Waals surface area (Å²) in [5, 5.41) is 17.4. The highest BCUT2D eigenvalue weighted by Crippen LogP contribution is 2.35. The van der Waals surface area contributed by atoms with E-state index in [0.717, 1.165) is 0 Å². The van der Waals surface area contributed by atoms with Crippen LogP contribution in [0.3, 0.4) is 0 Å². The second-order valence-electron chi connectivity index (χ2n) is 4.05. The molecule has 2 rings (SSSR count). The average molecular weight is 313 g/mol. The van der Waals surface area contributed by atoms with Crippen molar-refractivity contribution in [3.63, 3.8) is 0 Å². The van der Waals surface area contributed by atoms with E-state index in [1.807, 2.05) is 0 Å². The van der Waals surface area contributed by atoms with Crippen LogP contribution in [0, 0.1) is 13.8 Å². The molecule has 1 aromatic carbocycles. The SMILES string of the molecule is Cc1nnc(Oc2cccc(Cl)c2Cl)c(C(=O)O)c1C. The number of benzene rings is 1. The molecular weight excluding hydrogens is 303 g/mol. The van der Waals surface area contributed by atoms with Crippen molar-refractivity contribution in [1.82, 2.24) is 10.2 Å². The molecule has 0 aliphatic heterocycles. The molecule has 2 aromatic rings. The van der Waals surface area contributed by atoms with Gasteiger partial charge in [0.2, 0.25) is 0 Å². The first kappa shape index (κ1) is 14.6. The molecule has 0 spiro atoms.